The van der Waals surface area contributed by atoms with Gasteiger partial charge in [0.05, 0.1) is 5.56 Å². The van der Waals surface area contributed by atoms with E-state index >= 15 is 0 Å². The van der Waals surface area contributed by atoms with Crippen LogP contribution in [-0.2, 0) is 6.18 Å². The minimum Gasteiger partial charge on any atom is -0.288 e. The first-order valence-electron chi connectivity index (χ1n) is 5.74. The number of nitrogens with zero attached hydrogens (tertiary/aromatic N) is 1. The second-order valence-electron chi connectivity index (χ2n) is 4.32. The topological polar surface area (TPSA) is 30.0 Å². The van der Waals surface area contributed by atoms with E-state index in [-0.39, 0.29) is 11.1 Å². The molecule has 0 bridgehead atoms. The molecule has 0 aliphatic rings. The number of hydrogen-bond donors (Lipinski definition) is 0. The molecule has 2 rings (SSSR count). The highest BCUT2D eigenvalue weighted by atomic mass is 35.5. The van der Waals surface area contributed by atoms with Gasteiger partial charge in [-0.05, 0) is 36.8 Å². The summed E-state index contributed by atoms with van der Waals surface area (Å²) in [6.07, 6.45) is -4.65. The van der Waals surface area contributed by atoms with Gasteiger partial charge in [-0.3, -0.25) is 4.79 Å². The van der Waals surface area contributed by atoms with Crippen LogP contribution >= 0.6 is 11.6 Å². The van der Waals surface area contributed by atoms with Gasteiger partial charge in [0.2, 0.25) is 0 Å². The van der Waals surface area contributed by atoms with Crippen molar-refractivity contribution in [3.8, 4) is 0 Å². The minimum absolute atomic E-state index is 0.0264. The van der Waals surface area contributed by atoms with Gasteiger partial charge < -0.3 is 0 Å². The fourth-order valence-electron chi connectivity index (χ4n) is 1.75. The third-order valence-electron chi connectivity index (χ3n) is 2.83. The maximum atomic E-state index is 13.2. The van der Waals surface area contributed by atoms with Crippen molar-refractivity contribution >= 4 is 17.4 Å². The summed E-state index contributed by atoms with van der Waals surface area (Å²) < 4.78 is 50.6. The monoisotopic (exact) mass is 317 g/mol. The van der Waals surface area contributed by atoms with E-state index < -0.39 is 28.6 Å². The van der Waals surface area contributed by atoms with Gasteiger partial charge in [-0.15, -0.1) is 0 Å². The number of benzene rings is 1. The summed E-state index contributed by atoms with van der Waals surface area (Å²) in [5.74, 6) is -1.31. The Kier molecular flexibility index (Phi) is 4.00. The number of carbonyl (C=O) groups is 1. The summed E-state index contributed by atoms with van der Waals surface area (Å²) in [4.78, 5) is 15.4. The van der Waals surface area contributed by atoms with Crippen molar-refractivity contribution in [3.63, 3.8) is 0 Å². The van der Waals surface area contributed by atoms with Crippen molar-refractivity contribution < 1.29 is 22.4 Å². The molecular weight excluding hydrogens is 310 g/mol. The number of halogens is 5. The van der Waals surface area contributed by atoms with Crippen molar-refractivity contribution in [2.45, 2.75) is 13.1 Å². The normalized spacial score (nSPS) is 11.5. The van der Waals surface area contributed by atoms with Crippen molar-refractivity contribution in [2.24, 2.45) is 0 Å². The molecule has 0 unspecified atom stereocenters. The van der Waals surface area contributed by atoms with E-state index in [0.717, 1.165) is 12.1 Å². The standard InChI is InChI=1S/C14H8ClF4NO/c1-7-2-3-8(16)6-10(7)12(21)9-4-5-11(14(17,18)19)20-13(9)15/h2-6H,1H3. The number of hydrogen-bond acceptors (Lipinski definition) is 2. The second kappa shape index (κ2) is 5.44. The van der Waals surface area contributed by atoms with Gasteiger partial charge >= 0.3 is 6.18 Å². The molecule has 0 spiro atoms. The summed E-state index contributed by atoms with van der Waals surface area (Å²) in [5, 5.41) is -0.571. The number of alkyl halides is 3. The van der Waals surface area contributed by atoms with Crippen molar-refractivity contribution in [1.29, 1.82) is 0 Å². The molecule has 0 atom stereocenters. The summed E-state index contributed by atoms with van der Waals surface area (Å²) in [6, 6.07) is 5.18. The average Bonchev–Trinajstić information content (AvgIpc) is 2.39. The molecule has 2 aromatic rings. The first-order valence-corrected chi connectivity index (χ1v) is 6.12. The largest absolute Gasteiger partial charge is 0.433 e. The van der Waals surface area contributed by atoms with E-state index in [4.69, 9.17) is 11.6 Å². The molecule has 7 heteroatoms. The lowest BCUT2D eigenvalue weighted by Crippen LogP contribution is -2.11. The molecule has 1 aromatic heterocycles. The van der Waals surface area contributed by atoms with Crippen LogP contribution in [0.5, 0.6) is 0 Å². The SMILES string of the molecule is Cc1ccc(F)cc1C(=O)c1ccc(C(F)(F)F)nc1Cl. The van der Waals surface area contributed by atoms with E-state index in [1.807, 2.05) is 0 Å². The van der Waals surface area contributed by atoms with Crippen LogP contribution in [0.25, 0.3) is 0 Å². The smallest absolute Gasteiger partial charge is 0.288 e. The molecule has 0 saturated heterocycles. The van der Waals surface area contributed by atoms with Crippen LogP contribution in [0.15, 0.2) is 30.3 Å². The number of pyridine rings is 1. The Labute approximate surface area is 122 Å². The van der Waals surface area contributed by atoms with Crippen LogP contribution in [0.3, 0.4) is 0 Å². The lowest BCUT2D eigenvalue weighted by Gasteiger charge is -2.09. The average molecular weight is 318 g/mol. The number of ketones is 1. The molecule has 21 heavy (non-hydrogen) atoms. The number of aryl methyl sites for hydroxylation is 1. The molecule has 0 fully saturated rings. The fraction of sp³-hybridized carbons (Fsp3) is 0.143. The molecule has 0 aliphatic heterocycles. The maximum Gasteiger partial charge on any atom is 0.433 e. The molecule has 0 aliphatic carbocycles. The first-order chi connectivity index (χ1) is 9.70. The highest BCUT2D eigenvalue weighted by Gasteiger charge is 2.33. The number of carbonyl (C=O) groups excluding carboxylic acids is 1. The zero-order valence-corrected chi connectivity index (χ0v) is 11.4. The first kappa shape index (κ1) is 15.4. The maximum absolute atomic E-state index is 13.2. The van der Waals surface area contributed by atoms with E-state index in [0.29, 0.717) is 11.6 Å². The molecule has 0 N–H and O–H groups in total. The third kappa shape index (κ3) is 3.21. The van der Waals surface area contributed by atoms with Gasteiger partial charge in [0, 0.05) is 5.56 Å². The molecule has 110 valence electrons. The Morgan fingerprint density at radius 3 is 2.38 bits per heavy atom. The van der Waals surface area contributed by atoms with Gasteiger partial charge in [-0.1, -0.05) is 17.7 Å². The predicted octanol–water partition coefficient (Wildman–Crippen LogP) is 4.43. The second-order valence-corrected chi connectivity index (χ2v) is 4.68. The van der Waals surface area contributed by atoms with Crippen LogP contribution in [0.2, 0.25) is 5.15 Å². The quantitative estimate of drug-likeness (QED) is 0.466. The van der Waals surface area contributed by atoms with E-state index in [1.54, 1.807) is 6.92 Å². The van der Waals surface area contributed by atoms with Gasteiger partial charge in [-0.2, -0.15) is 13.2 Å². The molecule has 0 saturated carbocycles. The Hall–Kier alpha value is -1.95. The van der Waals surface area contributed by atoms with Crippen LogP contribution in [0.1, 0.15) is 27.2 Å². The van der Waals surface area contributed by atoms with E-state index in [2.05, 4.69) is 4.98 Å². The summed E-state index contributed by atoms with van der Waals surface area (Å²) >= 11 is 5.65. The Morgan fingerprint density at radius 2 is 1.81 bits per heavy atom. The zero-order chi connectivity index (χ0) is 15.8. The predicted molar refractivity (Wildman–Crippen MR) is 68.8 cm³/mol. The molecule has 1 aromatic carbocycles. The summed E-state index contributed by atoms with van der Waals surface area (Å²) in [7, 11) is 0. The van der Waals surface area contributed by atoms with Crippen LogP contribution in [-0.4, -0.2) is 10.8 Å². The highest BCUT2D eigenvalue weighted by molar-refractivity contribution is 6.33. The zero-order valence-electron chi connectivity index (χ0n) is 10.6. The molecule has 0 radical (unpaired) electrons. The Bertz CT molecular complexity index is 713. The molecular formula is C14H8ClF4NO. The van der Waals surface area contributed by atoms with E-state index in [1.165, 1.54) is 12.1 Å². The highest BCUT2D eigenvalue weighted by Crippen LogP contribution is 2.30. The summed E-state index contributed by atoms with van der Waals surface area (Å²) in [6.45, 7) is 1.58. The Balaban J connectivity index is 2.47. The summed E-state index contributed by atoms with van der Waals surface area (Å²) in [5.41, 5.74) is -0.894. The minimum atomic E-state index is -4.65. The van der Waals surface area contributed by atoms with Crippen molar-refractivity contribution in [3.05, 3.63) is 63.7 Å². The lowest BCUT2D eigenvalue weighted by atomic mass is 10.00. The van der Waals surface area contributed by atoms with Gasteiger partial charge in [0.25, 0.3) is 0 Å². The Morgan fingerprint density at radius 1 is 1.14 bits per heavy atom. The van der Waals surface area contributed by atoms with Crippen LogP contribution in [0, 0.1) is 12.7 Å². The molecule has 2 nitrogen and oxygen atoms in total. The molecule has 0 amide bonds. The lowest BCUT2D eigenvalue weighted by molar-refractivity contribution is -0.141. The third-order valence-corrected chi connectivity index (χ3v) is 3.12. The van der Waals surface area contributed by atoms with Gasteiger partial charge in [-0.25, -0.2) is 9.37 Å². The number of aromatic nitrogens is 1. The number of rotatable bonds is 2. The van der Waals surface area contributed by atoms with Crippen molar-refractivity contribution in [1.82, 2.24) is 4.98 Å². The van der Waals surface area contributed by atoms with E-state index in [9.17, 15) is 22.4 Å². The van der Waals surface area contributed by atoms with Crippen LogP contribution < -0.4 is 0 Å². The van der Waals surface area contributed by atoms with Gasteiger partial charge in [0.1, 0.15) is 16.7 Å². The van der Waals surface area contributed by atoms with Crippen molar-refractivity contribution in [2.75, 3.05) is 0 Å². The fourth-order valence-corrected chi connectivity index (χ4v) is 1.99. The van der Waals surface area contributed by atoms with Gasteiger partial charge in [0.15, 0.2) is 5.78 Å². The van der Waals surface area contributed by atoms with Crippen LogP contribution in [0.4, 0.5) is 17.6 Å². The molecule has 1 heterocycles.